The summed E-state index contributed by atoms with van der Waals surface area (Å²) in [6.07, 6.45) is 4.96. The maximum atomic E-state index is 5.03. The van der Waals surface area contributed by atoms with Crippen molar-refractivity contribution in [3.05, 3.63) is 0 Å². The molecule has 1 fully saturated rings. The lowest BCUT2D eigenvalue weighted by Gasteiger charge is -2.29. The zero-order valence-electron chi connectivity index (χ0n) is 11.1. The Labute approximate surface area is 107 Å². The number of aromatic nitrogens is 3. The summed E-state index contributed by atoms with van der Waals surface area (Å²) in [5.41, 5.74) is 0. The Morgan fingerprint density at radius 1 is 1.00 bits per heavy atom. The number of anilines is 1. The van der Waals surface area contributed by atoms with Gasteiger partial charge < -0.3 is 14.8 Å². The van der Waals surface area contributed by atoms with Crippen molar-refractivity contribution in [3.8, 4) is 12.0 Å². The highest BCUT2D eigenvalue weighted by Gasteiger charge is 2.22. The van der Waals surface area contributed by atoms with Crippen LogP contribution in [0.15, 0.2) is 0 Å². The Bertz CT molecular complexity index is 377. The molecule has 1 N–H and O–H groups in total. The number of nitrogens with zero attached hydrogens (tertiary/aromatic N) is 3. The highest BCUT2D eigenvalue weighted by atomic mass is 16.5. The quantitative estimate of drug-likeness (QED) is 0.882. The lowest BCUT2D eigenvalue weighted by molar-refractivity contribution is 0.333. The van der Waals surface area contributed by atoms with E-state index in [-0.39, 0.29) is 12.0 Å². The lowest BCUT2D eigenvalue weighted by atomic mass is 9.86. The Kier molecular flexibility index (Phi) is 4.17. The summed E-state index contributed by atoms with van der Waals surface area (Å²) in [7, 11) is 3.06. The molecule has 1 aromatic rings. The average Bonchev–Trinajstić information content (AvgIpc) is 2.41. The van der Waals surface area contributed by atoms with Gasteiger partial charge in [-0.05, 0) is 18.8 Å². The molecule has 18 heavy (non-hydrogen) atoms. The minimum absolute atomic E-state index is 0.271. The second-order valence-corrected chi connectivity index (χ2v) is 4.64. The van der Waals surface area contributed by atoms with E-state index < -0.39 is 0 Å². The lowest BCUT2D eigenvalue weighted by Crippen LogP contribution is -2.31. The third-order valence-corrected chi connectivity index (χ3v) is 3.39. The molecule has 6 nitrogen and oxygen atoms in total. The van der Waals surface area contributed by atoms with Crippen LogP contribution in [0.1, 0.15) is 32.6 Å². The number of hydrogen-bond acceptors (Lipinski definition) is 6. The van der Waals surface area contributed by atoms with E-state index in [9.17, 15) is 0 Å². The topological polar surface area (TPSA) is 69.2 Å². The summed E-state index contributed by atoms with van der Waals surface area (Å²) in [6, 6.07) is 0.955. The van der Waals surface area contributed by atoms with Crippen molar-refractivity contribution >= 4 is 5.95 Å². The smallest absolute Gasteiger partial charge is 0.324 e. The summed E-state index contributed by atoms with van der Waals surface area (Å²) in [4.78, 5) is 12.4. The van der Waals surface area contributed by atoms with Crippen LogP contribution in [0.3, 0.4) is 0 Å². The van der Waals surface area contributed by atoms with Crippen molar-refractivity contribution in [2.45, 2.75) is 38.6 Å². The minimum atomic E-state index is 0.271. The fourth-order valence-electron chi connectivity index (χ4n) is 2.28. The first kappa shape index (κ1) is 12.9. The molecule has 6 heteroatoms. The maximum absolute atomic E-state index is 5.03. The first-order valence-electron chi connectivity index (χ1n) is 6.33. The van der Waals surface area contributed by atoms with Crippen molar-refractivity contribution in [2.24, 2.45) is 5.92 Å². The highest BCUT2D eigenvalue weighted by Crippen LogP contribution is 2.26. The van der Waals surface area contributed by atoms with E-state index in [0.29, 0.717) is 17.9 Å². The molecule has 0 amide bonds. The molecule has 2 rings (SSSR count). The number of hydrogen-bond donors (Lipinski definition) is 1. The minimum Gasteiger partial charge on any atom is -0.467 e. The number of ether oxygens (including phenoxy) is 2. The van der Waals surface area contributed by atoms with Gasteiger partial charge in [0.25, 0.3) is 0 Å². The second-order valence-electron chi connectivity index (χ2n) is 4.64. The Morgan fingerprint density at radius 3 is 2.17 bits per heavy atom. The molecule has 0 saturated heterocycles. The monoisotopic (exact) mass is 252 g/mol. The van der Waals surface area contributed by atoms with Gasteiger partial charge in [0, 0.05) is 6.04 Å². The van der Waals surface area contributed by atoms with E-state index in [0.717, 1.165) is 6.42 Å². The molecule has 0 radical (unpaired) electrons. The van der Waals surface area contributed by atoms with Crippen molar-refractivity contribution in [1.29, 1.82) is 0 Å². The molecule has 100 valence electrons. The van der Waals surface area contributed by atoms with Crippen LogP contribution in [0.2, 0.25) is 0 Å². The van der Waals surface area contributed by atoms with E-state index in [1.807, 2.05) is 0 Å². The van der Waals surface area contributed by atoms with E-state index in [1.54, 1.807) is 0 Å². The standard InChI is InChI=1S/C12H20N4O2/c1-8-6-4-5-7-9(8)13-10-14-11(17-2)16-12(15-10)18-3/h8-9H,4-7H2,1-3H3,(H,13,14,15,16). The zero-order chi connectivity index (χ0) is 13.0. The number of rotatable bonds is 4. The number of nitrogens with one attached hydrogen (secondary N) is 1. The Hall–Kier alpha value is -1.59. The van der Waals surface area contributed by atoms with Gasteiger partial charge in [-0.25, -0.2) is 0 Å². The van der Waals surface area contributed by atoms with Gasteiger partial charge >= 0.3 is 12.0 Å². The van der Waals surface area contributed by atoms with Crippen LogP contribution in [-0.4, -0.2) is 35.2 Å². The molecular formula is C12H20N4O2. The molecule has 2 unspecified atom stereocenters. The molecule has 0 bridgehead atoms. The van der Waals surface area contributed by atoms with Gasteiger partial charge in [0.2, 0.25) is 5.95 Å². The molecule has 0 aromatic carbocycles. The predicted molar refractivity (Wildman–Crippen MR) is 68.0 cm³/mol. The van der Waals surface area contributed by atoms with Gasteiger partial charge in [-0.15, -0.1) is 4.98 Å². The zero-order valence-corrected chi connectivity index (χ0v) is 11.1. The van der Waals surface area contributed by atoms with Gasteiger partial charge in [0.1, 0.15) is 0 Å². The summed E-state index contributed by atoms with van der Waals surface area (Å²) in [6.45, 7) is 2.26. The van der Waals surface area contributed by atoms with E-state index in [1.165, 1.54) is 33.5 Å². The van der Waals surface area contributed by atoms with Crippen LogP contribution in [0.4, 0.5) is 5.95 Å². The largest absolute Gasteiger partial charge is 0.467 e. The fraction of sp³-hybridized carbons (Fsp3) is 0.750. The van der Waals surface area contributed by atoms with Gasteiger partial charge in [-0.1, -0.05) is 19.8 Å². The maximum Gasteiger partial charge on any atom is 0.324 e. The van der Waals surface area contributed by atoms with Crippen LogP contribution >= 0.6 is 0 Å². The molecule has 1 heterocycles. The van der Waals surface area contributed by atoms with Gasteiger partial charge in [-0.2, -0.15) is 9.97 Å². The summed E-state index contributed by atoms with van der Waals surface area (Å²) in [5, 5.41) is 3.36. The van der Waals surface area contributed by atoms with Crippen molar-refractivity contribution in [2.75, 3.05) is 19.5 Å². The summed E-state index contributed by atoms with van der Waals surface area (Å²) < 4.78 is 10.1. The van der Waals surface area contributed by atoms with Gasteiger partial charge in [0.05, 0.1) is 14.2 Å². The van der Waals surface area contributed by atoms with Gasteiger partial charge in [0.15, 0.2) is 0 Å². The highest BCUT2D eigenvalue weighted by molar-refractivity contribution is 5.29. The molecule has 1 saturated carbocycles. The summed E-state index contributed by atoms with van der Waals surface area (Å²) in [5.74, 6) is 1.16. The molecular weight excluding hydrogens is 232 g/mol. The van der Waals surface area contributed by atoms with Gasteiger partial charge in [-0.3, -0.25) is 0 Å². The van der Waals surface area contributed by atoms with Crippen molar-refractivity contribution in [1.82, 2.24) is 15.0 Å². The van der Waals surface area contributed by atoms with E-state index >= 15 is 0 Å². The molecule has 2 atom stereocenters. The van der Waals surface area contributed by atoms with E-state index in [2.05, 4.69) is 27.2 Å². The Morgan fingerprint density at radius 2 is 1.61 bits per heavy atom. The average molecular weight is 252 g/mol. The molecule has 0 spiro atoms. The molecule has 0 aliphatic heterocycles. The SMILES string of the molecule is COc1nc(NC2CCCCC2C)nc(OC)n1. The van der Waals surface area contributed by atoms with Crippen LogP contribution in [0.5, 0.6) is 12.0 Å². The predicted octanol–water partition coefficient (Wildman–Crippen LogP) is 1.88. The first-order chi connectivity index (χ1) is 8.72. The molecule has 1 aliphatic rings. The van der Waals surface area contributed by atoms with Crippen LogP contribution in [0, 0.1) is 5.92 Å². The van der Waals surface area contributed by atoms with Crippen LogP contribution < -0.4 is 14.8 Å². The normalized spacial score (nSPS) is 23.5. The van der Waals surface area contributed by atoms with Crippen molar-refractivity contribution < 1.29 is 9.47 Å². The second kappa shape index (κ2) is 5.84. The fourth-order valence-corrected chi connectivity index (χ4v) is 2.28. The molecule has 1 aliphatic carbocycles. The third kappa shape index (κ3) is 3.00. The molecule has 1 aromatic heterocycles. The first-order valence-corrected chi connectivity index (χ1v) is 6.33. The van der Waals surface area contributed by atoms with Crippen molar-refractivity contribution in [3.63, 3.8) is 0 Å². The Balaban J connectivity index is 2.12. The number of methoxy groups -OCH3 is 2. The third-order valence-electron chi connectivity index (χ3n) is 3.39. The van der Waals surface area contributed by atoms with Crippen LogP contribution in [-0.2, 0) is 0 Å². The summed E-state index contributed by atoms with van der Waals surface area (Å²) >= 11 is 0. The van der Waals surface area contributed by atoms with Crippen LogP contribution in [0.25, 0.3) is 0 Å². The van der Waals surface area contributed by atoms with E-state index in [4.69, 9.17) is 9.47 Å².